The minimum Gasteiger partial charge on any atom is -0.392 e. The normalized spacial score (nSPS) is 12.3. The van der Waals surface area contributed by atoms with Crippen LogP contribution in [0.25, 0.3) is 6.08 Å². The van der Waals surface area contributed by atoms with E-state index in [-0.39, 0.29) is 6.61 Å². The van der Waals surface area contributed by atoms with Crippen LogP contribution in [-0.4, -0.2) is 11.7 Å². The lowest BCUT2D eigenvalue weighted by Crippen LogP contribution is -1.98. The lowest BCUT2D eigenvalue weighted by atomic mass is 10.0. The van der Waals surface area contributed by atoms with Gasteiger partial charge in [0.05, 0.1) is 6.61 Å². The van der Waals surface area contributed by atoms with Crippen LogP contribution in [0.5, 0.6) is 0 Å². The molecule has 0 amide bonds. The third-order valence-corrected chi connectivity index (χ3v) is 2.80. The molecule has 1 aromatic rings. The minimum atomic E-state index is 0.0422. The molecule has 1 rings (SSSR count). The highest BCUT2D eigenvalue weighted by Gasteiger charge is 2.04. The number of aliphatic hydroxyl groups excluding tert-OH is 1. The van der Waals surface area contributed by atoms with E-state index in [4.69, 9.17) is 23.2 Å². The van der Waals surface area contributed by atoms with E-state index in [2.05, 4.69) is 0 Å². The maximum absolute atomic E-state index is 9.17. The average Bonchev–Trinajstić information content (AvgIpc) is 2.18. The van der Waals surface area contributed by atoms with Crippen LogP contribution >= 0.6 is 23.2 Å². The topological polar surface area (TPSA) is 20.2 Å². The van der Waals surface area contributed by atoms with Crippen molar-refractivity contribution in [2.24, 2.45) is 5.92 Å². The molecule has 0 saturated carbocycles. The van der Waals surface area contributed by atoms with Crippen LogP contribution in [0.2, 0.25) is 10.0 Å². The Morgan fingerprint density at radius 2 is 2.07 bits per heavy atom. The fourth-order valence-corrected chi connectivity index (χ4v) is 1.57. The molecule has 82 valence electrons. The molecule has 1 nitrogen and oxygen atoms in total. The van der Waals surface area contributed by atoms with Crippen LogP contribution in [-0.2, 0) is 0 Å². The Morgan fingerprint density at radius 1 is 1.40 bits per heavy atom. The van der Waals surface area contributed by atoms with E-state index in [1.54, 1.807) is 18.2 Å². The Kier molecular flexibility index (Phi) is 4.65. The molecule has 0 radical (unpaired) electrons. The first-order valence-electron chi connectivity index (χ1n) is 4.81. The van der Waals surface area contributed by atoms with Gasteiger partial charge in [0.1, 0.15) is 0 Å². The number of rotatable bonds is 3. The molecule has 0 unspecified atom stereocenters. The van der Waals surface area contributed by atoms with Gasteiger partial charge in [-0.3, -0.25) is 0 Å². The van der Waals surface area contributed by atoms with Crippen LogP contribution in [0.4, 0.5) is 0 Å². The molecule has 0 saturated heterocycles. The van der Waals surface area contributed by atoms with Crippen LogP contribution < -0.4 is 0 Å². The van der Waals surface area contributed by atoms with Gasteiger partial charge in [-0.05, 0) is 35.3 Å². The van der Waals surface area contributed by atoms with Gasteiger partial charge in [-0.25, -0.2) is 0 Å². The molecular weight excluding hydrogens is 231 g/mol. The van der Waals surface area contributed by atoms with Crippen LogP contribution in [0, 0.1) is 5.92 Å². The van der Waals surface area contributed by atoms with Gasteiger partial charge >= 0.3 is 0 Å². The Hall–Kier alpha value is -0.500. The van der Waals surface area contributed by atoms with Crippen molar-refractivity contribution in [1.82, 2.24) is 0 Å². The minimum absolute atomic E-state index is 0.0422. The molecule has 0 aliphatic carbocycles. The molecular formula is C12H14Cl2O. The van der Waals surface area contributed by atoms with Crippen molar-refractivity contribution in [2.75, 3.05) is 6.61 Å². The van der Waals surface area contributed by atoms with Gasteiger partial charge in [-0.2, -0.15) is 0 Å². The molecule has 0 aliphatic heterocycles. The SMILES string of the molecule is CC(C)/C(=C/c1cc(Cl)ccc1Cl)CO. The zero-order valence-electron chi connectivity index (χ0n) is 8.80. The fourth-order valence-electron chi connectivity index (χ4n) is 1.22. The molecule has 0 atom stereocenters. The lowest BCUT2D eigenvalue weighted by molar-refractivity contribution is 0.320. The molecule has 0 aromatic heterocycles. The summed E-state index contributed by atoms with van der Waals surface area (Å²) in [5.74, 6) is 0.296. The Labute approximate surface area is 100 Å². The monoisotopic (exact) mass is 244 g/mol. The summed E-state index contributed by atoms with van der Waals surface area (Å²) in [6.07, 6.45) is 1.89. The molecule has 15 heavy (non-hydrogen) atoms. The van der Waals surface area contributed by atoms with E-state index in [9.17, 15) is 5.11 Å². The van der Waals surface area contributed by atoms with Gasteiger partial charge in [-0.15, -0.1) is 0 Å². The zero-order valence-corrected chi connectivity index (χ0v) is 10.3. The van der Waals surface area contributed by atoms with Gasteiger partial charge < -0.3 is 5.11 Å². The highest BCUT2D eigenvalue weighted by Crippen LogP contribution is 2.24. The van der Waals surface area contributed by atoms with Crippen molar-refractivity contribution in [3.05, 3.63) is 39.4 Å². The first kappa shape index (κ1) is 12.6. The van der Waals surface area contributed by atoms with Crippen LogP contribution in [0.15, 0.2) is 23.8 Å². The van der Waals surface area contributed by atoms with E-state index in [0.29, 0.717) is 16.0 Å². The first-order valence-corrected chi connectivity index (χ1v) is 5.56. The molecule has 1 aromatic carbocycles. The predicted molar refractivity (Wildman–Crippen MR) is 66.4 cm³/mol. The van der Waals surface area contributed by atoms with Gasteiger partial charge in [-0.1, -0.05) is 43.1 Å². The smallest absolute Gasteiger partial charge is 0.0647 e. The van der Waals surface area contributed by atoms with E-state index in [0.717, 1.165) is 11.1 Å². The van der Waals surface area contributed by atoms with Gasteiger partial charge in [0.2, 0.25) is 0 Å². The molecule has 0 spiro atoms. The summed E-state index contributed by atoms with van der Waals surface area (Å²) >= 11 is 11.9. The maximum Gasteiger partial charge on any atom is 0.0647 e. The highest BCUT2D eigenvalue weighted by molar-refractivity contribution is 6.34. The standard InChI is InChI=1S/C12H14Cl2O/c1-8(2)10(7-15)5-9-6-11(13)3-4-12(9)14/h3-6,8,15H,7H2,1-2H3/b10-5+. The van der Waals surface area contributed by atoms with Crippen molar-refractivity contribution in [1.29, 1.82) is 0 Å². The van der Waals surface area contributed by atoms with Crippen molar-refractivity contribution >= 4 is 29.3 Å². The quantitative estimate of drug-likeness (QED) is 0.852. The number of halogens is 2. The molecule has 0 aliphatic rings. The summed E-state index contributed by atoms with van der Waals surface area (Å²) in [6, 6.07) is 5.29. The van der Waals surface area contributed by atoms with Crippen molar-refractivity contribution in [3.8, 4) is 0 Å². The third kappa shape index (κ3) is 3.53. The first-order chi connectivity index (χ1) is 7.04. The summed E-state index contributed by atoms with van der Waals surface area (Å²) in [7, 11) is 0. The predicted octanol–water partition coefficient (Wildman–Crippen LogP) is 4.03. The average molecular weight is 245 g/mol. The molecule has 1 N–H and O–H groups in total. The lowest BCUT2D eigenvalue weighted by Gasteiger charge is -2.09. The molecule has 0 heterocycles. The third-order valence-electron chi connectivity index (χ3n) is 2.22. The van der Waals surface area contributed by atoms with Crippen LogP contribution in [0.3, 0.4) is 0 Å². The number of benzene rings is 1. The second kappa shape index (κ2) is 5.55. The van der Waals surface area contributed by atoms with Gasteiger partial charge in [0, 0.05) is 10.0 Å². The Morgan fingerprint density at radius 3 is 2.60 bits per heavy atom. The van der Waals surface area contributed by atoms with Crippen molar-refractivity contribution in [2.45, 2.75) is 13.8 Å². The van der Waals surface area contributed by atoms with Crippen molar-refractivity contribution in [3.63, 3.8) is 0 Å². The number of hydrogen-bond acceptors (Lipinski definition) is 1. The summed E-state index contributed by atoms with van der Waals surface area (Å²) < 4.78 is 0. The summed E-state index contributed by atoms with van der Waals surface area (Å²) in [5, 5.41) is 10.5. The highest BCUT2D eigenvalue weighted by atomic mass is 35.5. The molecule has 0 fully saturated rings. The summed E-state index contributed by atoms with van der Waals surface area (Å²) in [6.45, 7) is 4.10. The zero-order chi connectivity index (χ0) is 11.4. The van der Waals surface area contributed by atoms with Gasteiger partial charge in [0.15, 0.2) is 0 Å². The number of aliphatic hydroxyl groups is 1. The second-order valence-electron chi connectivity index (χ2n) is 3.70. The summed E-state index contributed by atoms with van der Waals surface area (Å²) in [4.78, 5) is 0. The molecule has 3 heteroatoms. The molecule has 0 bridgehead atoms. The van der Waals surface area contributed by atoms with Gasteiger partial charge in [0.25, 0.3) is 0 Å². The van der Waals surface area contributed by atoms with E-state index >= 15 is 0 Å². The van der Waals surface area contributed by atoms with E-state index < -0.39 is 0 Å². The Bertz CT molecular complexity index is 370. The summed E-state index contributed by atoms with van der Waals surface area (Å²) in [5.41, 5.74) is 1.79. The maximum atomic E-state index is 9.17. The Balaban J connectivity index is 3.10. The van der Waals surface area contributed by atoms with Crippen molar-refractivity contribution < 1.29 is 5.11 Å². The van der Waals surface area contributed by atoms with E-state index in [1.165, 1.54) is 0 Å². The largest absolute Gasteiger partial charge is 0.392 e. The fraction of sp³-hybridized carbons (Fsp3) is 0.333. The van der Waals surface area contributed by atoms with E-state index in [1.807, 2.05) is 19.9 Å². The van der Waals surface area contributed by atoms with Crippen LogP contribution in [0.1, 0.15) is 19.4 Å². The number of hydrogen-bond donors (Lipinski definition) is 1. The second-order valence-corrected chi connectivity index (χ2v) is 4.54.